The first-order valence-electron chi connectivity index (χ1n) is 7.44. The number of amides is 1. The van der Waals surface area contributed by atoms with E-state index in [1.807, 2.05) is 4.90 Å². The number of sulfonamides is 1. The molecule has 1 aliphatic carbocycles. The second-order valence-corrected chi connectivity index (χ2v) is 8.10. The number of rotatable bonds is 3. The van der Waals surface area contributed by atoms with Crippen molar-refractivity contribution in [1.29, 1.82) is 0 Å². The van der Waals surface area contributed by atoms with E-state index in [0.717, 1.165) is 19.3 Å². The zero-order chi connectivity index (χ0) is 14.2. The van der Waals surface area contributed by atoms with Gasteiger partial charge in [0, 0.05) is 38.7 Å². The molecule has 0 aromatic carbocycles. The molecule has 0 N–H and O–H groups in total. The minimum atomic E-state index is -3.27. The molecule has 3 aliphatic rings. The van der Waals surface area contributed by atoms with Crippen molar-refractivity contribution >= 4 is 15.9 Å². The summed E-state index contributed by atoms with van der Waals surface area (Å²) in [4.78, 5) is 13.9. The van der Waals surface area contributed by atoms with Crippen LogP contribution in [-0.4, -0.2) is 68.2 Å². The van der Waals surface area contributed by atoms with Crippen molar-refractivity contribution in [2.45, 2.75) is 30.9 Å². The molecule has 1 saturated carbocycles. The molecule has 2 aliphatic heterocycles. The van der Waals surface area contributed by atoms with E-state index in [2.05, 4.69) is 0 Å². The number of hydrogen-bond acceptors (Lipinski definition) is 4. The highest BCUT2D eigenvalue weighted by molar-refractivity contribution is 7.89. The Hall–Kier alpha value is -0.660. The molecule has 2 heterocycles. The van der Waals surface area contributed by atoms with Gasteiger partial charge >= 0.3 is 0 Å². The van der Waals surface area contributed by atoms with Crippen LogP contribution in [0.2, 0.25) is 0 Å². The lowest BCUT2D eigenvalue weighted by atomic mass is 10.3. The summed E-state index contributed by atoms with van der Waals surface area (Å²) in [6, 6.07) is 0. The van der Waals surface area contributed by atoms with E-state index in [-0.39, 0.29) is 11.8 Å². The maximum atomic E-state index is 12.5. The van der Waals surface area contributed by atoms with Crippen LogP contribution in [0.5, 0.6) is 0 Å². The molecular weight excluding hydrogens is 280 g/mol. The van der Waals surface area contributed by atoms with Gasteiger partial charge in [0.15, 0.2) is 0 Å². The molecule has 0 aromatic rings. The lowest BCUT2D eigenvalue weighted by Gasteiger charge is -2.24. The minimum absolute atomic E-state index is 0.210. The van der Waals surface area contributed by atoms with Crippen LogP contribution in [-0.2, 0) is 19.6 Å². The second-order valence-electron chi connectivity index (χ2n) is 5.88. The van der Waals surface area contributed by atoms with Crippen molar-refractivity contribution in [2.75, 3.05) is 39.4 Å². The van der Waals surface area contributed by atoms with Gasteiger partial charge < -0.3 is 9.64 Å². The fraction of sp³-hybridized carbons (Fsp3) is 0.923. The van der Waals surface area contributed by atoms with Gasteiger partial charge in [0.05, 0.1) is 6.61 Å². The third-order valence-corrected chi connectivity index (χ3v) is 6.66. The lowest BCUT2D eigenvalue weighted by Crippen LogP contribution is -2.42. The van der Waals surface area contributed by atoms with Gasteiger partial charge in [-0.3, -0.25) is 4.79 Å². The number of carbonyl (C=O) groups is 1. The Morgan fingerprint density at radius 2 is 1.85 bits per heavy atom. The predicted octanol–water partition coefficient (Wildman–Crippen LogP) is 0.0494. The number of ether oxygens (including phenoxy) is 1. The smallest absolute Gasteiger partial charge is 0.225 e. The van der Waals surface area contributed by atoms with Gasteiger partial charge in [-0.25, -0.2) is 8.42 Å². The van der Waals surface area contributed by atoms with Crippen LogP contribution >= 0.6 is 0 Å². The average molecular weight is 302 g/mol. The molecule has 1 amide bonds. The number of hydrogen-bond donors (Lipinski definition) is 0. The van der Waals surface area contributed by atoms with Gasteiger partial charge in [0.2, 0.25) is 15.9 Å². The summed E-state index contributed by atoms with van der Waals surface area (Å²) in [7, 11) is -3.27. The highest BCUT2D eigenvalue weighted by atomic mass is 32.2. The van der Waals surface area contributed by atoms with Crippen LogP contribution in [0.15, 0.2) is 0 Å². The molecule has 0 bridgehead atoms. The van der Waals surface area contributed by atoms with Crippen LogP contribution in [0.3, 0.4) is 0 Å². The van der Waals surface area contributed by atoms with Crippen molar-refractivity contribution in [1.82, 2.24) is 9.21 Å². The largest absolute Gasteiger partial charge is 0.380 e. The van der Waals surface area contributed by atoms with E-state index < -0.39 is 15.3 Å². The van der Waals surface area contributed by atoms with E-state index >= 15 is 0 Å². The first-order valence-corrected chi connectivity index (χ1v) is 8.95. The molecule has 6 nitrogen and oxygen atoms in total. The van der Waals surface area contributed by atoms with E-state index in [4.69, 9.17) is 4.74 Å². The van der Waals surface area contributed by atoms with Gasteiger partial charge in [0.25, 0.3) is 0 Å². The van der Waals surface area contributed by atoms with E-state index in [1.54, 1.807) is 4.31 Å². The monoisotopic (exact) mass is 302 g/mol. The molecule has 7 heteroatoms. The van der Waals surface area contributed by atoms with Crippen molar-refractivity contribution in [3.8, 4) is 0 Å². The Bertz CT molecular complexity index is 469. The van der Waals surface area contributed by atoms with Gasteiger partial charge in [-0.05, 0) is 25.7 Å². The molecule has 3 fully saturated rings. The molecule has 1 unspecified atom stereocenters. The molecule has 3 rings (SSSR count). The molecule has 0 radical (unpaired) electrons. The standard InChI is InChI=1S/C13H22N2O4S/c16-13(11-2-3-11)14-5-1-6-15(8-7-14)20(17,18)12-4-9-19-10-12/h11-12H,1-10H2. The quantitative estimate of drug-likeness (QED) is 0.739. The van der Waals surface area contributed by atoms with Crippen molar-refractivity contribution in [3.63, 3.8) is 0 Å². The maximum absolute atomic E-state index is 12.5. The zero-order valence-corrected chi connectivity index (χ0v) is 12.5. The summed E-state index contributed by atoms with van der Waals surface area (Å²) in [6.07, 6.45) is 3.31. The van der Waals surface area contributed by atoms with Gasteiger partial charge in [-0.15, -0.1) is 0 Å². The molecule has 20 heavy (non-hydrogen) atoms. The average Bonchev–Trinajstić information content (AvgIpc) is 3.18. The lowest BCUT2D eigenvalue weighted by molar-refractivity contribution is -0.132. The van der Waals surface area contributed by atoms with E-state index in [0.29, 0.717) is 45.8 Å². The fourth-order valence-corrected chi connectivity index (χ4v) is 4.72. The van der Waals surface area contributed by atoms with Crippen LogP contribution in [0.1, 0.15) is 25.7 Å². The Morgan fingerprint density at radius 3 is 2.50 bits per heavy atom. The van der Waals surface area contributed by atoms with Gasteiger partial charge in [-0.1, -0.05) is 0 Å². The summed E-state index contributed by atoms with van der Waals surface area (Å²) in [5.74, 6) is 0.426. The van der Waals surface area contributed by atoms with Crippen LogP contribution in [0.4, 0.5) is 0 Å². The van der Waals surface area contributed by atoms with Crippen molar-refractivity contribution in [2.24, 2.45) is 5.92 Å². The first kappa shape index (κ1) is 14.3. The highest BCUT2D eigenvalue weighted by Gasteiger charge is 2.38. The molecule has 114 valence electrons. The molecule has 0 spiro atoms. The fourth-order valence-electron chi connectivity index (χ4n) is 2.92. The summed E-state index contributed by atoms with van der Waals surface area (Å²) >= 11 is 0. The zero-order valence-electron chi connectivity index (χ0n) is 11.7. The maximum Gasteiger partial charge on any atom is 0.225 e. The van der Waals surface area contributed by atoms with Crippen LogP contribution < -0.4 is 0 Å². The third kappa shape index (κ3) is 2.84. The molecule has 0 aromatic heterocycles. The highest BCUT2D eigenvalue weighted by Crippen LogP contribution is 2.31. The summed E-state index contributed by atoms with van der Waals surface area (Å²) in [5, 5.41) is -0.395. The van der Waals surface area contributed by atoms with Gasteiger partial charge in [0.1, 0.15) is 5.25 Å². The summed E-state index contributed by atoms with van der Waals surface area (Å²) in [6.45, 7) is 3.00. The summed E-state index contributed by atoms with van der Waals surface area (Å²) < 4.78 is 31.8. The second kappa shape index (κ2) is 5.61. The predicted molar refractivity (Wildman–Crippen MR) is 73.6 cm³/mol. The van der Waals surface area contributed by atoms with Gasteiger partial charge in [-0.2, -0.15) is 4.31 Å². The van der Waals surface area contributed by atoms with Crippen molar-refractivity contribution in [3.05, 3.63) is 0 Å². The molecular formula is C13H22N2O4S. The Balaban J connectivity index is 1.62. The minimum Gasteiger partial charge on any atom is -0.380 e. The third-order valence-electron chi connectivity index (χ3n) is 4.36. The normalized spacial score (nSPS) is 29.4. The van der Waals surface area contributed by atoms with Crippen LogP contribution in [0, 0.1) is 5.92 Å². The molecule has 1 atom stereocenters. The topological polar surface area (TPSA) is 66.9 Å². The Labute approximate surface area is 120 Å². The van der Waals surface area contributed by atoms with E-state index in [9.17, 15) is 13.2 Å². The Kier molecular flexibility index (Phi) is 4.01. The molecule has 2 saturated heterocycles. The number of carbonyl (C=O) groups excluding carboxylic acids is 1. The Morgan fingerprint density at radius 1 is 1.05 bits per heavy atom. The van der Waals surface area contributed by atoms with E-state index in [1.165, 1.54) is 0 Å². The number of nitrogens with zero attached hydrogens (tertiary/aromatic N) is 2. The SMILES string of the molecule is O=C(C1CC1)N1CCCN(S(=O)(=O)C2CCOC2)CC1. The first-order chi connectivity index (χ1) is 9.59. The van der Waals surface area contributed by atoms with Crippen molar-refractivity contribution < 1.29 is 17.9 Å². The van der Waals surface area contributed by atoms with Crippen LogP contribution in [0.25, 0.3) is 0 Å². The summed E-state index contributed by atoms with van der Waals surface area (Å²) in [5.41, 5.74) is 0.